The van der Waals surface area contributed by atoms with Crippen LogP contribution in [0.1, 0.15) is 30.9 Å². The smallest absolute Gasteiger partial charge is 0.342 e. The van der Waals surface area contributed by atoms with E-state index < -0.39 is 11.5 Å². The molecule has 0 aromatic heterocycles. The molecule has 1 N–H and O–H groups in total. The van der Waals surface area contributed by atoms with Gasteiger partial charge in [0.25, 0.3) is 0 Å². The molecule has 1 spiro atoms. The second kappa shape index (κ2) is 5.48. The number of fused-ring (bicyclic) bond motifs is 3. The van der Waals surface area contributed by atoms with Gasteiger partial charge in [-0.05, 0) is 36.1 Å². The Morgan fingerprint density at radius 2 is 1.96 bits per heavy atom. The van der Waals surface area contributed by atoms with E-state index in [4.69, 9.17) is 4.74 Å². The Kier molecular flexibility index (Phi) is 3.41. The number of rotatable bonds is 3. The van der Waals surface area contributed by atoms with Gasteiger partial charge in [0.2, 0.25) is 0 Å². The third-order valence-electron chi connectivity index (χ3n) is 5.02. The van der Waals surface area contributed by atoms with Crippen LogP contribution in [0.2, 0.25) is 0 Å². The lowest BCUT2D eigenvalue weighted by atomic mass is 9.78. The zero-order valence-electron chi connectivity index (χ0n) is 13.5. The summed E-state index contributed by atoms with van der Waals surface area (Å²) in [7, 11) is 0. The number of esters is 1. The van der Waals surface area contributed by atoms with Gasteiger partial charge < -0.3 is 10.1 Å². The molecule has 2 aromatic rings. The van der Waals surface area contributed by atoms with Crippen molar-refractivity contribution < 1.29 is 14.3 Å². The maximum absolute atomic E-state index is 13.0. The highest BCUT2D eigenvalue weighted by atomic mass is 16.5. The monoisotopic (exact) mass is 321 g/mol. The fraction of sp³-hybridized carbons (Fsp3) is 0.300. The van der Waals surface area contributed by atoms with E-state index in [1.807, 2.05) is 49.4 Å². The SMILES string of the molecule is CCCC(=O)C1Cc2ccccc2C12Nc1ccccc1OC2=O. The lowest BCUT2D eigenvalue weighted by Crippen LogP contribution is -2.54. The van der Waals surface area contributed by atoms with Gasteiger partial charge in [-0.25, -0.2) is 4.79 Å². The van der Waals surface area contributed by atoms with Crippen LogP contribution in [-0.4, -0.2) is 11.8 Å². The van der Waals surface area contributed by atoms with Crippen LogP contribution in [0.5, 0.6) is 5.75 Å². The lowest BCUT2D eigenvalue weighted by molar-refractivity contribution is -0.145. The normalized spacial score (nSPS) is 24.0. The molecule has 0 amide bonds. The van der Waals surface area contributed by atoms with E-state index >= 15 is 0 Å². The van der Waals surface area contributed by atoms with E-state index in [2.05, 4.69) is 5.32 Å². The van der Waals surface area contributed by atoms with Crippen molar-refractivity contribution in [2.24, 2.45) is 5.92 Å². The summed E-state index contributed by atoms with van der Waals surface area (Å²) in [4.78, 5) is 25.8. The average molecular weight is 321 g/mol. The Hall–Kier alpha value is -2.62. The van der Waals surface area contributed by atoms with Crippen molar-refractivity contribution in [3.63, 3.8) is 0 Å². The number of Topliss-reactive ketones (excluding diaryl/α,β-unsaturated/α-hetero) is 1. The van der Waals surface area contributed by atoms with Gasteiger partial charge in [0.15, 0.2) is 11.3 Å². The Morgan fingerprint density at radius 3 is 2.79 bits per heavy atom. The van der Waals surface area contributed by atoms with Crippen molar-refractivity contribution in [1.82, 2.24) is 0 Å². The molecule has 0 radical (unpaired) electrons. The second-order valence-corrected chi connectivity index (χ2v) is 6.45. The second-order valence-electron chi connectivity index (χ2n) is 6.45. The Morgan fingerprint density at radius 1 is 1.21 bits per heavy atom. The summed E-state index contributed by atoms with van der Waals surface area (Å²) < 4.78 is 5.63. The fourth-order valence-electron chi connectivity index (χ4n) is 3.93. The summed E-state index contributed by atoms with van der Waals surface area (Å²) in [5.74, 6) is -0.201. The number of hydrogen-bond donors (Lipinski definition) is 1. The number of carbonyl (C=O) groups is 2. The molecule has 4 rings (SSSR count). The van der Waals surface area contributed by atoms with E-state index in [-0.39, 0.29) is 11.8 Å². The number of benzene rings is 2. The molecule has 0 saturated heterocycles. The first-order valence-corrected chi connectivity index (χ1v) is 8.37. The molecular weight excluding hydrogens is 302 g/mol. The molecule has 0 saturated carbocycles. The quantitative estimate of drug-likeness (QED) is 0.695. The highest BCUT2D eigenvalue weighted by molar-refractivity contribution is 6.00. The molecule has 2 atom stereocenters. The molecule has 2 aromatic carbocycles. The number of carbonyl (C=O) groups excluding carboxylic acids is 2. The van der Waals surface area contributed by atoms with Crippen molar-refractivity contribution in [3.8, 4) is 5.75 Å². The Labute approximate surface area is 140 Å². The highest BCUT2D eigenvalue weighted by Gasteiger charge is 2.58. The topological polar surface area (TPSA) is 55.4 Å². The maximum atomic E-state index is 13.0. The van der Waals surface area contributed by atoms with Gasteiger partial charge in [-0.2, -0.15) is 0 Å². The number of para-hydroxylation sites is 2. The maximum Gasteiger partial charge on any atom is 0.342 e. The van der Waals surface area contributed by atoms with Crippen LogP contribution in [0.25, 0.3) is 0 Å². The van der Waals surface area contributed by atoms with E-state index in [1.165, 1.54) is 0 Å². The Balaban J connectivity index is 1.88. The van der Waals surface area contributed by atoms with E-state index in [9.17, 15) is 9.59 Å². The minimum Gasteiger partial charge on any atom is -0.422 e. The first kappa shape index (κ1) is 14.9. The molecule has 4 nitrogen and oxygen atoms in total. The van der Waals surface area contributed by atoms with Crippen LogP contribution >= 0.6 is 0 Å². The van der Waals surface area contributed by atoms with E-state index in [1.54, 1.807) is 6.07 Å². The molecule has 1 aliphatic carbocycles. The lowest BCUT2D eigenvalue weighted by Gasteiger charge is -2.39. The number of ketones is 1. The minimum absolute atomic E-state index is 0.109. The molecule has 2 unspecified atom stereocenters. The number of hydrogen-bond acceptors (Lipinski definition) is 4. The molecule has 122 valence electrons. The molecule has 1 aliphatic heterocycles. The van der Waals surface area contributed by atoms with Gasteiger partial charge >= 0.3 is 5.97 Å². The van der Waals surface area contributed by atoms with Crippen molar-refractivity contribution in [2.45, 2.75) is 31.7 Å². The average Bonchev–Trinajstić information content (AvgIpc) is 2.92. The van der Waals surface area contributed by atoms with Gasteiger partial charge in [-0.3, -0.25) is 4.79 Å². The zero-order chi connectivity index (χ0) is 16.7. The third-order valence-corrected chi connectivity index (χ3v) is 5.02. The molecule has 24 heavy (non-hydrogen) atoms. The first-order chi connectivity index (χ1) is 11.7. The highest BCUT2D eigenvalue weighted by Crippen LogP contribution is 2.49. The fourth-order valence-corrected chi connectivity index (χ4v) is 3.93. The summed E-state index contributed by atoms with van der Waals surface area (Å²) in [6.07, 6.45) is 1.81. The molecule has 1 heterocycles. The van der Waals surface area contributed by atoms with Crippen LogP contribution in [0.3, 0.4) is 0 Å². The van der Waals surface area contributed by atoms with Crippen molar-refractivity contribution in [2.75, 3.05) is 5.32 Å². The summed E-state index contributed by atoms with van der Waals surface area (Å²) in [6, 6.07) is 15.1. The van der Waals surface area contributed by atoms with Crippen LogP contribution in [-0.2, 0) is 21.5 Å². The van der Waals surface area contributed by atoms with Crippen molar-refractivity contribution in [3.05, 3.63) is 59.7 Å². The molecule has 0 bridgehead atoms. The van der Waals surface area contributed by atoms with Crippen LogP contribution in [0.4, 0.5) is 5.69 Å². The molecule has 2 aliphatic rings. The molecule has 0 fully saturated rings. The third kappa shape index (κ3) is 1.99. The summed E-state index contributed by atoms with van der Waals surface area (Å²) in [5.41, 5.74) is 1.54. The first-order valence-electron chi connectivity index (χ1n) is 8.37. The summed E-state index contributed by atoms with van der Waals surface area (Å²) in [5, 5.41) is 3.37. The van der Waals surface area contributed by atoms with E-state index in [0.717, 1.165) is 23.2 Å². The van der Waals surface area contributed by atoms with E-state index in [0.29, 0.717) is 18.6 Å². The predicted octanol–water partition coefficient (Wildman–Crippen LogP) is 3.45. The van der Waals surface area contributed by atoms with Gasteiger partial charge in [0, 0.05) is 6.42 Å². The molecular formula is C20H19NO3. The zero-order valence-corrected chi connectivity index (χ0v) is 13.5. The largest absolute Gasteiger partial charge is 0.422 e. The standard InChI is InChI=1S/C20H19NO3/c1-2-7-17(22)15-12-13-8-3-4-9-14(13)20(15)19(23)24-18-11-6-5-10-16(18)21-20/h3-6,8-11,15,21H,2,7,12H2,1H3. The van der Waals surface area contributed by atoms with Crippen LogP contribution < -0.4 is 10.1 Å². The Bertz CT molecular complexity index is 829. The number of anilines is 1. The van der Waals surface area contributed by atoms with Crippen molar-refractivity contribution in [1.29, 1.82) is 0 Å². The van der Waals surface area contributed by atoms with Gasteiger partial charge in [-0.1, -0.05) is 43.3 Å². The summed E-state index contributed by atoms with van der Waals surface area (Å²) in [6.45, 7) is 1.98. The summed E-state index contributed by atoms with van der Waals surface area (Å²) >= 11 is 0. The van der Waals surface area contributed by atoms with Crippen molar-refractivity contribution >= 4 is 17.4 Å². The predicted molar refractivity (Wildman–Crippen MR) is 90.9 cm³/mol. The molecule has 4 heteroatoms. The van der Waals surface area contributed by atoms with Gasteiger partial charge in [0.05, 0.1) is 11.6 Å². The van der Waals surface area contributed by atoms with Crippen LogP contribution in [0.15, 0.2) is 48.5 Å². The van der Waals surface area contributed by atoms with Gasteiger partial charge in [-0.15, -0.1) is 0 Å². The van der Waals surface area contributed by atoms with Gasteiger partial charge in [0.1, 0.15) is 5.78 Å². The van der Waals surface area contributed by atoms with Crippen LogP contribution in [0, 0.1) is 5.92 Å². The number of ether oxygens (including phenoxy) is 1. The number of nitrogens with one attached hydrogen (secondary N) is 1. The minimum atomic E-state index is -1.11.